The first-order chi connectivity index (χ1) is 24.7. The summed E-state index contributed by atoms with van der Waals surface area (Å²) in [6, 6.07) is 28.0. The summed E-state index contributed by atoms with van der Waals surface area (Å²) < 4.78 is 33.3. The van der Waals surface area contributed by atoms with Crippen LogP contribution in [-0.2, 0) is 18.9 Å². The van der Waals surface area contributed by atoms with Crippen LogP contribution in [0.1, 0.15) is 0 Å². The summed E-state index contributed by atoms with van der Waals surface area (Å²) >= 11 is 0. The quantitative estimate of drug-likeness (QED) is 0.0236. The number of hydrogen-bond donors (Lipinski definition) is 0. The zero-order chi connectivity index (χ0) is 34.6. The van der Waals surface area contributed by atoms with Crippen LogP contribution in [0.2, 0.25) is 0 Å². The number of ether oxygens (including phenoxy) is 6. The summed E-state index contributed by atoms with van der Waals surface area (Å²) in [5, 5.41) is 8.85. The molecule has 0 unspecified atom stereocenters. The van der Waals surface area contributed by atoms with Gasteiger partial charge in [0.25, 0.3) is 0 Å². The molecule has 3 aromatic carbocycles. The fourth-order valence-corrected chi connectivity index (χ4v) is 4.91. The minimum Gasteiger partial charge on any atom is -0.491 e. The van der Waals surface area contributed by atoms with E-state index in [0.29, 0.717) is 79.2 Å². The molecule has 50 heavy (non-hydrogen) atoms. The van der Waals surface area contributed by atoms with Crippen molar-refractivity contribution in [3.8, 4) is 34.0 Å². The molecule has 14 heteroatoms. The van der Waals surface area contributed by atoms with Crippen LogP contribution >= 0.6 is 0 Å². The Morgan fingerprint density at radius 3 is 1.20 bits per heavy atom. The van der Waals surface area contributed by atoms with Gasteiger partial charge in [-0.1, -0.05) is 34.5 Å². The van der Waals surface area contributed by atoms with Crippen LogP contribution in [0.4, 0.5) is 0 Å². The summed E-state index contributed by atoms with van der Waals surface area (Å²) in [5.41, 5.74) is 21.8. The molecule has 0 saturated heterocycles. The number of aromatic nitrogens is 2. The Kier molecular flexibility index (Phi) is 14.4. The molecule has 0 spiro atoms. The van der Waals surface area contributed by atoms with Gasteiger partial charge in [-0.05, 0) is 71.7 Å². The number of azide groups is 2. The van der Waals surface area contributed by atoms with Gasteiger partial charge < -0.3 is 28.4 Å². The lowest BCUT2D eigenvalue weighted by atomic mass is 10.1. The van der Waals surface area contributed by atoms with Crippen LogP contribution in [0, 0.1) is 0 Å². The van der Waals surface area contributed by atoms with Crippen LogP contribution < -0.4 is 9.47 Å². The summed E-state index contributed by atoms with van der Waals surface area (Å²) in [6.07, 6.45) is 0. The predicted octanol–water partition coefficient (Wildman–Crippen LogP) is 7.56. The topological polar surface area (TPSA) is 179 Å². The van der Waals surface area contributed by atoms with Crippen LogP contribution in [-0.4, -0.2) is 89.1 Å². The minimum absolute atomic E-state index is 0.312. The third kappa shape index (κ3) is 11.0. The predicted molar refractivity (Wildman–Crippen MR) is 190 cm³/mol. The molecule has 2 heterocycles. The van der Waals surface area contributed by atoms with E-state index in [9.17, 15) is 0 Å². The monoisotopic (exact) mass is 678 g/mol. The van der Waals surface area contributed by atoms with Gasteiger partial charge in [0.15, 0.2) is 0 Å². The van der Waals surface area contributed by atoms with Gasteiger partial charge in [-0.3, -0.25) is 0 Å². The summed E-state index contributed by atoms with van der Waals surface area (Å²) in [5.74, 6) is 1.49. The Hall–Kier alpha value is -5.46. The number of nitrogens with zero attached hydrogens (tertiary/aromatic N) is 8. The Balaban J connectivity index is 1.14. The van der Waals surface area contributed by atoms with E-state index in [4.69, 9.17) is 49.5 Å². The fraction of sp³-hybridized carbons (Fsp3) is 0.333. The average Bonchev–Trinajstić information content (AvgIpc) is 3.16. The van der Waals surface area contributed by atoms with E-state index >= 15 is 0 Å². The van der Waals surface area contributed by atoms with Gasteiger partial charge in [0.1, 0.15) is 24.7 Å². The smallest absolute Gasteiger partial charge is 0.119 e. The lowest BCUT2D eigenvalue weighted by molar-refractivity contribution is 0.0388. The first-order valence-corrected chi connectivity index (χ1v) is 16.2. The van der Waals surface area contributed by atoms with Gasteiger partial charge in [-0.25, -0.2) is 9.97 Å². The molecule has 0 aliphatic carbocycles. The van der Waals surface area contributed by atoms with Crippen LogP contribution in [0.15, 0.2) is 95.2 Å². The molecule has 0 aliphatic rings. The van der Waals surface area contributed by atoms with E-state index in [1.54, 1.807) is 0 Å². The van der Waals surface area contributed by atoms with Gasteiger partial charge in [0.2, 0.25) is 0 Å². The Morgan fingerprint density at radius 1 is 0.440 bits per heavy atom. The van der Waals surface area contributed by atoms with Gasteiger partial charge in [0, 0.05) is 44.8 Å². The van der Waals surface area contributed by atoms with Crippen molar-refractivity contribution in [2.45, 2.75) is 0 Å². The second kappa shape index (κ2) is 20.1. The minimum atomic E-state index is 0.312. The van der Waals surface area contributed by atoms with Gasteiger partial charge in [0.05, 0.1) is 75.3 Å². The van der Waals surface area contributed by atoms with E-state index in [2.05, 4.69) is 44.3 Å². The van der Waals surface area contributed by atoms with Crippen LogP contribution in [0.25, 0.3) is 65.2 Å². The third-order valence-electron chi connectivity index (χ3n) is 7.35. The second-order valence-corrected chi connectivity index (χ2v) is 10.7. The third-order valence-corrected chi connectivity index (χ3v) is 7.35. The summed E-state index contributed by atoms with van der Waals surface area (Å²) in [7, 11) is 0. The van der Waals surface area contributed by atoms with Gasteiger partial charge in [-0.15, -0.1) is 0 Å². The van der Waals surface area contributed by atoms with Crippen molar-refractivity contribution in [3.63, 3.8) is 0 Å². The molecule has 0 saturated carbocycles. The van der Waals surface area contributed by atoms with Crippen molar-refractivity contribution in [2.75, 3.05) is 79.2 Å². The summed E-state index contributed by atoms with van der Waals surface area (Å²) in [6.45, 7) is 4.83. The maximum absolute atomic E-state index is 8.25. The molecule has 0 N–H and O–H groups in total. The van der Waals surface area contributed by atoms with Crippen LogP contribution in [0.3, 0.4) is 0 Å². The lowest BCUT2D eigenvalue weighted by Gasteiger charge is -2.10. The van der Waals surface area contributed by atoms with E-state index in [0.717, 1.165) is 55.8 Å². The van der Waals surface area contributed by atoms with Crippen molar-refractivity contribution in [1.82, 2.24) is 9.97 Å². The zero-order valence-electron chi connectivity index (χ0n) is 27.6. The highest BCUT2D eigenvalue weighted by Crippen LogP contribution is 2.30. The highest BCUT2D eigenvalue weighted by Gasteiger charge is 2.10. The van der Waals surface area contributed by atoms with Gasteiger partial charge in [-0.2, -0.15) is 0 Å². The zero-order valence-corrected chi connectivity index (χ0v) is 27.6. The number of rotatable bonds is 22. The van der Waals surface area contributed by atoms with Crippen molar-refractivity contribution >= 4 is 21.8 Å². The lowest BCUT2D eigenvalue weighted by Crippen LogP contribution is -2.11. The maximum Gasteiger partial charge on any atom is 0.119 e. The molecule has 0 atom stereocenters. The number of pyridine rings is 2. The van der Waals surface area contributed by atoms with Crippen molar-refractivity contribution in [2.24, 2.45) is 10.2 Å². The molecule has 0 fully saturated rings. The maximum atomic E-state index is 8.25. The molecule has 14 nitrogen and oxygen atoms in total. The number of fused-ring (bicyclic) bond motifs is 3. The molecular weight excluding hydrogens is 640 g/mol. The molecule has 0 aliphatic heterocycles. The van der Waals surface area contributed by atoms with E-state index in [1.807, 2.05) is 60.7 Å². The Morgan fingerprint density at radius 2 is 0.800 bits per heavy atom. The normalized spacial score (nSPS) is 10.9. The fourth-order valence-electron chi connectivity index (χ4n) is 4.91. The number of hydrogen-bond acceptors (Lipinski definition) is 10. The SMILES string of the molecule is [N-]=[N+]=NCCOCCOCCOc1ccc(-c2ccc3ccc4ccc(-c5ccc(OCCOCCOCCN=[N+]=[N-])cc5)nc4c3n2)cc1. The highest BCUT2D eigenvalue weighted by molar-refractivity contribution is 6.04. The highest BCUT2D eigenvalue weighted by atomic mass is 16.5. The second-order valence-electron chi connectivity index (χ2n) is 10.7. The van der Waals surface area contributed by atoms with E-state index in [-0.39, 0.29) is 0 Å². The first kappa shape index (κ1) is 35.8. The molecular formula is C36H38N8O6. The standard InChI is InChI=1S/C36H38N8O6/c37-43-39-15-17-45-19-21-47-23-25-49-31-9-3-27(4-10-31)33-13-7-29-1-2-30-8-14-34(42-36(30)35(29)41-33)28-5-11-32(12-6-28)50-26-24-48-22-20-46-18-16-40-44-38/h1-14H,15-26H2. The van der Waals surface area contributed by atoms with Crippen molar-refractivity contribution in [1.29, 1.82) is 0 Å². The molecule has 0 amide bonds. The molecule has 5 aromatic rings. The van der Waals surface area contributed by atoms with Crippen LogP contribution in [0.5, 0.6) is 11.5 Å². The van der Waals surface area contributed by atoms with E-state index < -0.39 is 0 Å². The molecule has 0 radical (unpaired) electrons. The van der Waals surface area contributed by atoms with Crippen molar-refractivity contribution < 1.29 is 28.4 Å². The van der Waals surface area contributed by atoms with Crippen molar-refractivity contribution in [3.05, 3.63) is 106 Å². The van der Waals surface area contributed by atoms with Gasteiger partial charge >= 0.3 is 0 Å². The molecule has 2 aromatic heterocycles. The molecule has 5 rings (SSSR count). The summed E-state index contributed by atoms with van der Waals surface area (Å²) in [4.78, 5) is 15.4. The first-order valence-electron chi connectivity index (χ1n) is 16.2. The Bertz CT molecular complexity index is 1760. The number of benzene rings is 3. The molecule has 0 bridgehead atoms. The molecule has 258 valence electrons. The Labute approximate surface area is 289 Å². The average molecular weight is 679 g/mol. The largest absolute Gasteiger partial charge is 0.491 e. The van der Waals surface area contributed by atoms with E-state index in [1.165, 1.54) is 0 Å².